The van der Waals surface area contributed by atoms with Crippen LogP contribution in [0.5, 0.6) is 0 Å². The normalized spacial score (nSPS) is 10.2. The summed E-state index contributed by atoms with van der Waals surface area (Å²) in [5.41, 5.74) is 2.22. The van der Waals surface area contributed by atoms with Crippen molar-refractivity contribution >= 4 is 23.2 Å². The minimum Gasteiger partial charge on any atom is -0.345 e. The SMILES string of the molecule is N#CCCN(C(=O)CCC(=O)Nc1cccc(-c2ncc[nH]2)c1)c1ccccc1. The van der Waals surface area contributed by atoms with E-state index < -0.39 is 0 Å². The highest BCUT2D eigenvalue weighted by Gasteiger charge is 2.17. The molecule has 1 aromatic heterocycles. The van der Waals surface area contributed by atoms with Gasteiger partial charge in [-0.2, -0.15) is 5.26 Å². The fourth-order valence-electron chi connectivity index (χ4n) is 2.91. The molecule has 3 aromatic rings. The van der Waals surface area contributed by atoms with E-state index in [4.69, 9.17) is 5.26 Å². The highest BCUT2D eigenvalue weighted by atomic mass is 16.2. The number of para-hydroxylation sites is 1. The Morgan fingerprint density at radius 1 is 1.10 bits per heavy atom. The molecule has 7 heteroatoms. The van der Waals surface area contributed by atoms with Gasteiger partial charge in [-0.1, -0.05) is 30.3 Å². The van der Waals surface area contributed by atoms with Gasteiger partial charge < -0.3 is 15.2 Å². The van der Waals surface area contributed by atoms with Crippen LogP contribution in [0.4, 0.5) is 11.4 Å². The lowest BCUT2D eigenvalue weighted by Crippen LogP contribution is -2.32. The second-order valence-electron chi connectivity index (χ2n) is 6.36. The molecule has 146 valence electrons. The van der Waals surface area contributed by atoms with Crippen molar-refractivity contribution in [3.05, 3.63) is 67.0 Å². The molecule has 0 fully saturated rings. The number of carbonyl (C=O) groups excluding carboxylic acids is 2. The largest absolute Gasteiger partial charge is 0.345 e. The van der Waals surface area contributed by atoms with Crippen LogP contribution in [0.3, 0.4) is 0 Å². The summed E-state index contributed by atoms with van der Waals surface area (Å²) >= 11 is 0. The Balaban J connectivity index is 1.58. The number of hydrogen-bond donors (Lipinski definition) is 2. The van der Waals surface area contributed by atoms with Crippen LogP contribution < -0.4 is 10.2 Å². The van der Waals surface area contributed by atoms with Crippen LogP contribution in [0, 0.1) is 11.3 Å². The van der Waals surface area contributed by atoms with Crippen molar-refractivity contribution in [2.75, 3.05) is 16.8 Å². The average molecular weight is 387 g/mol. The standard InChI is InChI=1S/C22H21N5O2/c23-12-5-15-27(19-8-2-1-3-9-19)21(29)11-10-20(28)26-18-7-4-6-17(16-18)22-24-13-14-25-22/h1-4,6-9,13-14,16H,5,10-11,15H2,(H,24,25)(H,26,28). The number of H-pyrrole nitrogens is 1. The van der Waals surface area contributed by atoms with E-state index in [0.29, 0.717) is 18.1 Å². The third-order valence-electron chi connectivity index (χ3n) is 4.30. The molecule has 0 saturated heterocycles. The molecule has 2 N–H and O–H groups in total. The van der Waals surface area contributed by atoms with E-state index in [9.17, 15) is 9.59 Å². The first-order valence-corrected chi connectivity index (χ1v) is 9.29. The third-order valence-corrected chi connectivity index (χ3v) is 4.30. The number of anilines is 2. The quantitative estimate of drug-likeness (QED) is 0.614. The number of nitrogens with one attached hydrogen (secondary N) is 2. The summed E-state index contributed by atoms with van der Waals surface area (Å²) in [6.07, 6.45) is 3.74. The third kappa shape index (κ3) is 5.53. The molecule has 0 aliphatic carbocycles. The Labute approximate surface area is 169 Å². The molecule has 2 aromatic carbocycles. The molecule has 29 heavy (non-hydrogen) atoms. The zero-order valence-corrected chi connectivity index (χ0v) is 15.8. The number of amides is 2. The van der Waals surface area contributed by atoms with E-state index in [2.05, 4.69) is 21.4 Å². The number of rotatable bonds is 8. The van der Waals surface area contributed by atoms with Gasteiger partial charge in [-0.25, -0.2) is 4.98 Å². The molecular formula is C22H21N5O2. The molecule has 7 nitrogen and oxygen atoms in total. The van der Waals surface area contributed by atoms with E-state index >= 15 is 0 Å². The zero-order valence-electron chi connectivity index (χ0n) is 15.8. The maximum Gasteiger partial charge on any atom is 0.227 e. The molecule has 0 unspecified atom stereocenters. The molecule has 2 amide bonds. The first-order valence-electron chi connectivity index (χ1n) is 9.29. The molecule has 0 saturated carbocycles. The molecule has 1 heterocycles. The second-order valence-corrected chi connectivity index (χ2v) is 6.36. The van der Waals surface area contributed by atoms with Crippen molar-refractivity contribution in [3.8, 4) is 17.5 Å². The van der Waals surface area contributed by atoms with Crippen LogP contribution >= 0.6 is 0 Å². The summed E-state index contributed by atoms with van der Waals surface area (Å²) in [5.74, 6) is 0.279. The summed E-state index contributed by atoms with van der Waals surface area (Å²) in [6.45, 7) is 0.298. The lowest BCUT2D eigenvalue weighted by molar-refractivity contribution is -0.122. The van der Waals surface area contributed by atoms with Crippen molar-refractivity contribution in [2.45, 2.75) is 19.3 Å². The van der Waals surface area contributed by atoms with Gasteiger partial charge in [0.05, 0.1) is 12.5 Å². The highest BCUT2D eigenvalue weighted by molar-refractivity contribution is 5.98. The minimum atomic E-state index is -0.247. The maximum absolute atomic E-state index is 12.6. The minimum absolute atomic E-state index is 0.0553. The van der Waals surface area contributed by atoms with Gasteiger partial charge in [-0.15, -0.1) is 0 Å². The summed E-state index contributed by atoms with van der Waals surface area (Å²) in [6, 6.07) is 18.5. The van der Waals surface area contributed by atoms with E-state index in [1.165, 1.54) is 0 Å². The number of hydrogen-bond acceptors (Lipinski definition) is 4. The average Bonchev–Trinajstić information content (AvgIpc) is 3.28. The van der Waals surface area contributed by atoms with Crippen molar-refractivity contribution in [1.29, 1.82) is 5.26 Å². The summed E-state index contributed by atoms with van der Waals surface area (Å²) in [5, 5.41) is 11.7. The summed E-state index contributed by atoms with van der Waals surface area (Å²) < 4.78 is 0. The van der Waals surface area contributed by atoms with E-state index in [1.54, 1.807) is 23.4 Å². The van der Waals surface area contributed by atoms with Gasteiger partial charge in [0.2, 0.25) is 11.8 Å². The highest BCUT2D eigenvalue weighted by Crippen LogP contribution is 2.20. The molecule has 0 atom stereocenters. The summed E-state index contributed by atoms with van der Waals surface area (Å²) in [7, 11) is 0. The smallest absolute Gasteiger partial charge is 0.227 e. The lowest BCUT2D eigenvalue weighted by Gasteiger charge is -2.21. The number of imidazole rings is 1. The topological polar surface area (TPSA) is 102 Å². The Morgan fingerprint density at radius 3 is 2.66 bits per heavy atom. The van der Waals surface area contributed by atoms with Gasteiger partial charge in [-0.3, -0.25) is 9.59 Å². The number of carbonyl (C=O) groups is 2. The van der Waals surface area contributed by atoms with Crippen LogP contribution in [-0.2, 0) is 9.59 Å². The fraction of sp³-hybridized carbons (Fsp3) is 0.182. The van der Waals surface area contributed by atoms with Gasteiger partial charge in [0.25, 0.3) is 0 Å². The van der Waals surface area contributed by atoms with Crippen LogP contribution in [0.1, 0.15) is 19.3 Å². The molecule has 3 rings (SSSR count). The summed E-state index contributed by atoms with van der Waals surface area (Å²) in [4.78, 5) is 33.7. The van der Waals surface area contributed by atoms with Gasteiger partial charge in [0, 0.05) is 48.7 Å². The van der Waals surface area contributed by atoms with E-state index in [-0.39, 0.29) is 31.1 Å². The van der Waals surface area contributed by atoms with Crippen LogP contribution in [0.25, 0.3) is 11.4 Å². The van der Waals surface area contributed by atoms with Gasteiger partial charge in [0.15, 0.2) is 0 Å². The first-order chi connectivity index (χ1) is 14.2. The maximum atomic E-state index is 12.6. The second kappa shape index (κ2) is 9.85. The van der Waals surface area contributed by atoms with E-state index in [1.807, 2.05) is 48.5 Å². The van der Waals surface area contributed by atoms with Gasteiger partial charge in [0.1, 0.15) is 5.82 Å². The zero-order chi connectivity index (χ0) is 20.5. The Hall–Kier alpha value is -3.92. The number of benzene rings is 2. The van der Waals surface area contributed by atoms with Crippen LogP contribution in [0.15, 0.2) is 67.0 Å². The molecule has 0 spiro atoms. The Kier molecular flexibility index (Phi) is 6.74. The van der Waals surface area contributed by atoms with Crippen molar-refractivity contribution in [1.82, 2.24) is 9.97 Å². The first kappa shape index (κ1) is 19.8. The monoisotopic (exact) mass is 387 g/mol. The molecule has 0 aliphatic heterocycles. The number of nitriles is 1. The van der Waals surface area contributed by atoms with Crippen molar-refractivity contribution in [2.24, 2.45) is 0 Å². The number of aromatic amines is 1. The predicted molar refractivity (Wildman–Crippen MR) is 111 cm³/mol. The van der Waals surface area contributed by atoms with E-state index in [0.717, 1.165) is 11.3 Å². The Morgan fingerprint density at radius 2 is 1.93 bits per heavy atom. The number of aromatic nitrogens is 2. The van der Waals surface area contributed by atoms with Crippen molar-refractivity contribution < 1.29 is 9.59 Å². The fourth-order valence-corrected chi connectivity index (χ4v) is 2.91. The molecular weight excluding hydrogens is 366 g/mol. The molecule has 0 bridgehead atoms. The van der Waals surface area contributed by atoms with Crippen LogP contribution in [-0.4, -0.2) is 28.3 Å². The van der Waals surface area contributed by atoms with Crippen molar-refractivity contribution in [3.63, 3.8) is 0 Å². The van der Waals surface area contributed by atoms with Gasteiger partial charge in [-0.05, 0) is 24.3 Å². The molecule has 0 aliphatic rings. The Bertz CT molecular complexity index is 994. The van der Waals surface area contributed by atoms with Crippen LogP contribution in [0.2, 0.25) is 0 Å². The van der Waals surface area contributed by atoms with Gasteiger partial charge >= 0.3 is 0 Å². The predicted octanol–water partition coefficient (Wildman–Crippen LogP) is 3.74. The number of nitrogens with zero attached hydrogens (tertiary/aromatic N) is 3. The molecule has 0 radical (unpaired) electrons. The lowest BCUT2D eigenvalue weighted by atomic mass is 10.1.